The number of amides is 2. The molecule has 0 spiro atoms. The molecular formula is C23H24N2O4. The van der Waals surface area contributed by atoms with Crippen LogP contribution in [0.4, 0.5) is 0 Å². The summed E-state index contributed by atoms with van der Waals surface area (Å²) in [6.45, 7) is 0. The highest BCUT2D eigenvalue weighted by molar-refractivity contribution is 6.01. The molecule has 6 heteroatoms. The predicted molar refractivity (Wildman–Crippen MR) is 109 cm³/mol. The highest BCUT2D eigenvalue weighted by atomic mass is 16.4. The lowest BCUT2D eigenvalue weighted by atomic mass is 9.90. The van der Waals surface area contributed by atoms with Gasteiger partial charge in [0.05, 0.1) is 0 Å². The van der Waals surface area contributed by atoms with E-state index in [1.54, 1.807) is 12.1 Å². The van der Waals surface area contributed by atoms with Gasteiger partial charge in [0.25, 0.3) is 5.91 Å². The predicted octanol–water partition coefficient (Wildman–Crippen LogP) is 3.12. The first-order chi connectivity index (χ1) is 14.0. The molecule has 0 saturated carbocycles. The lowest BCUT2D eigenvalue weighted by molar-refractivity contribution is -0.156. The zero-order valence-corrected chi connectivity index (χ0v) is 16.1. The van der Waals surface area contributed by atoms with Gasteiger partial charge in [-0.2, -0.15) is 0 Å². The Balaban J connectivity index is 1.58. The standard InChI is InChI=1S/C23H24N2O4/c26-21(17-13-12-15-6-1-2-7-16(15)14-17)24-19-10-4-3-8-18-9-5-11-20(23(28)29)25(18)22(19)27/h1-4,6-7,12-14,18-20H,5,8-11H2,(H,24,26)(H,28,29)/b4-3-. The average molecular weight is 392 g/mol. The Morgan fingerprint density at radius 3 is 2.55 bits per heavy atom. The lowest BCUT2D eigenvalue weighted by Crippen LogP contribution is -2.59. The van der Waals surface area contributed by atoms with Crippen molar-refractivity contribution < 1.29 is 19.5 Å². The van der Waals surface area contributed by atoms with Gasteiger partial charge in [-0.05, 0) is 55.0 Å². The maximum Gasteiger partial charge on any atom is 0.326 e. The number of hydrogen-bond acceptors (Lipinski definition) is 3. The number of hydrogen-bond donors (Lipinski definition) is 2. The number of carbonyl (C=O) groups excluding carboxylic acids is 2. The Kier molecular flexibility index (Phi) is 5.34. The van der Waals surface area contributed by atoms with E-state index in [4.69, 9.17) is 0 Å². The smallest absolute Gasteiger partial charge is 0.326 e. The Morgan fingerprint density at radius 1 is 1.00 bits per heavy atom. The van der Waals surface area contributed by atoms with E-state index >= 15 is 0 Å². The number of carboxylic acid groups (broad SMARTS) is 1. The number of piperidine rings is 1. The van der Waals surface area contributed by atoms with Crippen LogP contribution < -0.4 is 5.32 Å². The molecule has 0 radical (unpaired) electrons. The van der Waals surface area contributed by atoms with Crippen LogP contribution >= 0.6 is 0 Å². The van der Waals surface area contributed by atoms with Crippen molar-refractivity contribution >= 4 is 28.6 Å². The fourth-order valence-electron chi connectivity index (χ4n) is 4.35. The molecule has 2 aromatic carbocycles. The molecule has 2 aliphatic rings. The zero-order valence-electron chi connectivity index (χ0n) is 16.1. The zero-order chi connectivity index (χ0) is 20.4. The molecule has 2 heterocycles. The first-order valence-corrected chi connectivity index (χ1v) is 10.0. The van der Waals surface area contributed by atoms with Crippen molar-refractivity contribution in [2.24, 2.45) is 0 Å². The molecule has 2 N–H and O–H groups in total. The largest absolute Gasteiger partial charge is 0.480 e. The summed E-state index contributed by atoms with van der Waals surface area (Å²) in [5, 5.41) is 14.4. The molecule has 0 aromatic heterocycles. The molecule has 1 saturated heterocycles. The molecule has 3 unspecified atom stereocenters. The minimum absolute atomic E-state index is 0.131. The van der Waals surface area contributed by atoms with Crippen LogP contribution in [-0.2, 0) is 9.59 Å². The van der Waals surface area contributed by atoms with Gasteiger partial charge in [-0.3, -0.25) is 9.59 Å². The monoisotopic (exact) mass is 392 g/mol. The molecule has 150 valence electrons. The van der Waals surface area contributed by atoms with Crippen molar-refractivity contribution in [1.29, 1.82) is 0 Å². The summed E-state index contributed by atoms with van der Waals surface area (Å²) in [5.74, 6) is -1.61. The van der Waals surface area contributed by atoms with Gasteiger partial charge in [0.15, 0.2) is 0 Å². The molecular weight excluding hydrogens is 368 g/mol. The number of carbonyl (C=O) groups is 3. The molecule has 6 nitrogen and oxygen atoms in total. The van der Waals surface area contributed by atoms with E-state index < -0.39 is 18.1 Å². The normalized spacial score (nSPS) is 25.6. The third-order valence-corrected chi connectivity index (χ3v) is 5.85. The van der Waals surface area contributed by atoms with Crippen molar-refractivity contribution in [2.45, 2.75) is 50.2 Å². The third-order valence-electron chi connectivity index (χ3n) is 5.85. The van der Waals surface area contributed by atoms with Crippen LogP contribution in [-0.4, -0.2) is 45.9 Å². The fourth-order valence-corrected chi connectivity index (χ4v) is 4.35. The van der Waals surface area contributed by atoms with Gasteiger partial charge in [0.1, 0.15) is 12.1 Å². The summed E-state index contributed by atoms with van der Waals surface area (Å²) in [6, 6.07) is 11.5. The maximum absolute atomic E-state index is 13.2. The van der Waals surface area contributed by atoms with Crippen molar-refractivity contribution in [2.75, 3.05) is 0 Å². The molecule has 2 amide bonds. The molecule has 2 aliphatic heterocycles. The third kappa shape index (κ3) is 3.88. The summed E-state index contributed by atoms with van der Waals surface area (Å²) < 4.78 is 0. The number of carboxylic acids is 1. The summed E-state index contributed by atoms with van der Waals surface area (Å²) in [5.41, 5.74) is 0.479. The minimum atomic E-state index is -0.979. The second-order valence-electron chi connectivity index (χ2n) is 7.72. The number of nitrogens with zero attached hydrogens (tertiary/aromatic N) is 1. The topological polar surface area (TPSA) is 86.7 Å². The van der Waals surface area contributed by atoms with E-state index in [1.165, 1.54) is 4.90 Å². The Labute approximate surface area is 169 Å². The van der Waals surface area contributed by atoms with Crippen LogP contribution in [0, 0.1) is 0 Å². The number of benzene rings is 2. The Morgan fingerprint density at radius 2 is 1.76 bits per heavy atom. The summed E-state index contributed by atoms with van der Waals surface area (Å²) >= 11 is 0. The van der Waals surface area contributed by atoms with Gasteiger partial charge in [-0.15, -0.1) is 0 Å². The first kappa shape index (κ1) is 19.2. The maximum atomic E-state index is 13.2. The molecule has 0 bridgehead atoms. The number of aliphatic carboxylic acids is 1. The van der Waals surface area contributed by atoms with Crippen LogP contribution in [0.15, 0.2) is 54.6 Å². The van der Waals surface area contributed by atoms with E-state index in [9.17, 15) is 19.5 Å². The Hall–Kier alpha value is -3.15. The fraction of sp³-hybridized carbons (Fsp3) is 0.348. The van der Waals surface area contributed by atoms with Crippen molar-refractivity contribution in [1.82, 2.24) is 10.2 Å². The summed E-state index contributed by atoms with van der Waals surface area (Å²) in [7, 11) is 0. The van der Waals surface area contributed by atoms with E-state index in [0.717, 1.165) is 23.6 Å². The van der Waals surface area contributed by atoms with Crippen molar-refractivity contribution in [3.63, 3.8) is 0 Å². The number of nitrogens with one attached hydrogen (secondary N) is 1. The molecule has 29 heavy (non-hydrogen) atoms. The van der Waals surface area contributed by atoms with Crippen LogP contribution in [0.2, 0.25) is 0 Å². The number of rotatable bonds is 3. The second kappa shape index (κ2) is 8.07. The van der Waals surface area contributed by atoms with Crippen LogP contribution in [0.5, 0.6) is 0 Å². The highest BCUT2D eigenvalue weighted by Gasteiger charge is 2.41. The highest BCUT2D eigenvalue weighted by Crippen LogP contribution is 2.28. The Bertz CT molecular complexity index is 984. The van der Waals surface area contributed by atoms with Gasteiger partial charge in [-0.1, -0.05) is 42.5 Å². The first-order valence-electron chi connectivity index (χ1n) is 10.0. The van der Waals surface area contributed by atoms with Gasteiger partial charge >= 0.3 is 5.97 Å². The van der Waals surface area contributed by atoms with Gasteiger partial charge < -0.3 is 15.3 Å². The van der Waals surface area contributed by atoms with Gasteiger partial charge in [0, 0.05) is 11.6 Å². The average Bonchev–Trinajstić information content (AvgIpc) is 2.73. The molecule has 4 rings (SSSR count). The van der Waals surface area contributed by atoms with Crippen LogP contribution in [0.1, 0.15) is 42.5 Å². The lowest BCUT2D eigenvalue weighted by Gasteiger charge is -2.42. The minimum Gasteiger partial charge on any atom is -0.480 e. The van der Waals surface area contributed by atoms with E-state index in [0.29, 0.717) is 24.8 Å². The van der Waals surface area contributed by atoms with E-state index in [2.05, 4.69) is 5.32 Å². The van der Waals surface area contributed by atoms with Crippen LogP contribution in [0.3, 0.4) is 0 Å². The van der Waals surface area contributed by atoms with Gasteiger partial charge in [-0.25, -0.2) is 4.79 Å². The molecule has 1 fully saturated rings. The van der Waals surface area contributed by atoms with Crippen molar-refractivity contribution in [3.05, 3.63) is 60.2 Å². The number of fused-ring (bicyclic) bond motifs is 2. The quantitative estimate of drug-likeness (QED) is 0.786. The van der Waals surface area contributed by atoms with Crippen molar-refractivity contribution in [3.8, 4) is 0 Å². The molecule has 3 atom stereocenters. The van der Waals surface area contributed by atoms with Gasteiger partial charge in [0.2, 0.25) is 5.91 Å². The SMILES string of the molecule is O=C(NC1C/C=C\CC2CCCC(C(=O)O)N2C1=O)c1ccc2ccccc2c1. The summed E-state index contributed by atoms with van der Waals surface area (Å²) in [6.07, 6.45) is 6.92. The summed E-state index contributed by atoms with van der Waals surface area (Å²) in [4.78, 5) is 39.3. The van der Waals surface area contributed by atoms with Crippen LogP contribution in [0.25, 0.3) is 10.8 Å². The molecule has 0 aliphatic carbocycles. The molecule has 2 aromatic rings. The van der Waals surface area contributed by atoms with E-state index in [-0.39, 0.29) is 17.9 Å². The second-order valence-corrected chi connectivity index (χ2v) is 7.72. The van der Waals surface area contributed by atoms with E-state index in [1.807, 2.05) is 42.5 Å².